The van der Waals surface area contributed by atoms with Crippen LogP contribution in [-0.4, -0.2) is 36.0 Å². The van der Waals surface area contributed by atoms with Gasteiger partial charge in [0.25, 0.3) is 5.91 Å². The molecule has 1 aromatic carbocycles. The van der Waals surface area contributed by atoms with Crippen LogP contribution in [0, 0.1) is 6.92 Å². The molecule has 1 unspecified atom stereocenters. The summed E-state index contributed by atoms with van der Waals surface area (Å²) in [6.45, 7) is 4.07. The second-order valence-corrected chi connectivity index (χ2v) is 5.82. The third-order valence-electron chi connectivity index (χ3n) is 3.98. The van der Waals surface area contributed by atoms with Crippen LogP contribution < -0.4 is 11.1 Å². The predicted molar refractivity (Wildman–Crippen MR) is 76.1 cm³/mol. The molecule has 2 fully saturated rings. The summed E-state index contributed by atoms with van der Waals surface area (Å²) in [5.74, 6) is -0.00181. The van der Waals surface area contributed by atoms with E-state index < -0.39 is 0 Å². The van der Waals surface area contributed by atoms with E-state index in [0.29, 0.717) is 11.3 Å². The van der Waals surface area contributed by atoms with E-state index in [4.69, 9.17) is 5.73 Å². The smallest absolute Gasteiger partial charge is 0.251 e. The molecule has 0 radical (unpaired) electrons. The molecule has 1 saturated carbocycles. The largest absolute Gasteiger partial charge is 0.399 e. The lowest BCUT2D eigenvalue weighted by Crippen LogP contribution is -2.37. The molecule has 0 bridgehead atoms. The summed E-state index contributed by atoms with van der Waals surface area (Å²) in [7, 11) is 0. The van der Waals surface area contributed by atoms with E-state index in [1.54, 1.807) is 6.07 Å². The van der Waals surface area contributed by atoms with Crippen molar-refractivity contribution in [3.63, 3.8) is 0 Å². The number of nitrogen functional groups attached to an aromatic ring is 1. The zero-order chi connectivity index (χ0) is 13.4. The number of nitrogens with two attached hydrogens (primary N) is 1. The van der Waals surface area contributed by atoms with Crippen LogP contribution in [0.25, 0.3) is 0 Å². The number of likely N-dealkylation sites (tertiary alicyclic amines) is 1. The number of aryl methyl sites for hydroxylation is 1. The van der Waals surface area contributed by atoms with Crippen LogP contribution in [0.3, 0.4) is 0 Å². The maximum absolute atomic E-state index is 12.2. The minimum Gasteiger partial charge on any atom is -0.399 e. The van der Waals surface area contributed by atoms with E-state index in [1.165, 1.54) is 12.8 Å². The Kier molecular flexibility index (Phi) is 3.19. The van der Waals surface area contributed by atoms with Gasteiger partial charge in [-0.3, -0.25) is 9.69 Å². The lowest BCUT2D eigenvalue weighted by Gasteiger charge is -2.16. The molecule has 1 amide bonds. The first-order valence-electron chi connectivity index (χ1n) is 7.04. The van der Waals surface area contributed by atoms with Gasteiger partial charge in [-0.1, -0.05) is 0 Å². The monoisotopic (exact) mass is 259 g/mol. The van der Waals surface area contributed by atoms with Crippen LogP contribution in [0.1, 0.15) is 35.2 Å². The van der Waals surface area contributed by atoms with E-state index in [0.717, 1.165) is 31.1 Å². The van der Waals surface area contributed by atoms with E-state index in [9.17, 15) is 4.79 Å². The number of hydrogen-bond donors (Lipinski definition) is 2. The highest BCUT2D eigenvalue weighted by atomic mass is 16.1. The van der Waals surface area contributed by atoms with Crippen molar-refractivity contribution in [2.24, 2.45) is 0 Å². The number of hydrogen-bond acceptors (Lipinski definition) is 3. The molecule has 4 nitrogen and oxygen atoms in total. The van der Waals surface area contributed by atoms with E-state index >= 15 is 0 Å². The number of nitrogens with zero attached hydrogens (tertiary/aromatic N) is 1. The highest BCUT2D eigenvalue weighted by Crippen LogP contribution is 2.29. The third kappa shape index (κ3) is 2.89. The van der Waals surface area contributed by atoms with Gasteiger partial charge in [-0.2, -0.15) is 0 Å². The molecule has 2 aliphatic rings. The molecule has 1 aromatic rings. The first-order chi connectivity index (χ1) is 9.11. The molecule has 0 spiro atoms. The topological polar surface area (TPSA) is 58.4 Å². The highest BCUT2D eigenvalue weighted by Gasteiger charge is 2.34. The van der Waals surface area contributed by atoms with Gasteiger partial charge in [0, 0.05) is 36.4 Å². The number of benzene rings is 1. The molecule has 4 heteroatoms. The minimum absolute atomic E-state index is 0.00181. The van der Waals surface area contributed by atoms with Crippen molar-refractivity contribution in [2.75, 3.05) is 18.8 Å². The zero-order valence-corrected chi connectivity index (χ0v) is 11.4. The number of amides is 1. The van der Waals surface area contributed by atoms with Crippen molar-refractivity contribution in [1.29, 1.82) is 0 Å². The SMILES string of the molecule is Cc1cc(N)cc(C(=O)NC2CCN(C3CC3)C2)c1. The summed E-state index contributed by atoms with van der Waals surface area (Å²) < 4.78 is 0. The minimum atomic E-state index is -0.00181. The Labute approximate surface area is 114 Å². The second kappa shape index (κ2) is 4.85. The molecule has 3 N–H and O–H groups in total. The van der Waals surface area contributed by atoms with E-state index in [-0.39, 0.29) is 11.9 Å². The van der Waals surface area contributed by atoms with Crippen LogP contribution >= 0.6 is 0 Å². The average molecular weight is 259 g/mol. The van der Waals surface area contributed by atoms with Gasteiger partial charge in [-0.15, -0.1) is 0 Å². The number of nitrogens with one attached hydrogen (secondary N) is 1. The van der Waals surface area contributed by atoms with Crippen molar-refractivity contribution in [2.45, 2.75) is 38.3 Å². The first-order valence-corrected chi connectivity index (χ1v) is 7.04. The van der Waals surface area contributed by atoms with Crippen molar-refractivity contribution in [3.05, 3.63) is 29.3 Å². The second-order valence-electron chi connectivity index (χ2n) is 5.82. The van der Waals surface area contributed by atoms with Gasteiger partial charge in [0.15, 0.2) is 0 Å². The number of carbonyl (C=O) groups excluding carboxylic acids is 1. The maximum Gasteiger partial charge on any atom is 0.251 e. The molecule has 3 rings (SSSR count). The summed E-state index contributed by atoms with van der Waals surface area (Å²) in [6.07, 6.45) is 3.72. The lowest BCUT2D eigenvalue weighted by molar-refractivity contribution is 0.0937. The van der Waals surface area contributed by atoms with Gasteiger partial charge in [0.05, 0.1) is 0 Å². The van der Waals surface area contributed by atoms with Crippen molar-refractivity contribution in [3.8, 4) is 0 Å². The average Bonchev–Trinajstić information content (AvgIpc) is 3.09. The molecule has 19 heavy (non-hydrogen) atoms. The number of anilines is 1. The normalized spacial score (nSPS) is 23.5. The highest BCUT2D eigenvalue weighted by molar-refractivity contribution is 5.95. The summed E-state index contributed by atoms with van der Waals surface area (Å²) in [6, 6.07) is 6.59. The van der Waals surface area contributed by atoms with Crippen molar-refractivity contribution < 1.29 is 4.79 Å². The van der Waals surface area contributed by atoms with Crippen LogP contribution in [-0.2, 0) is 0 Å². The Hall–Kier alpha value is -1.55. The quantitative estimate of drug-likeness (QED) is 0.810. The Bertz CT molecular complexity index is 476. The summed E-state index contributed by atoms with van der Waals surface area (Å²) >= 11 is 0. The van der Waals surface area contributed by atoms with E-state index in [2.05, 4.69) is 10.2 Å². The fourth-order valence-electron chi connectivity index (χ4n) is 2.89. The zero-order valence-electron chi connectivity index (χ0n) is 11.4. The standard InChI is InChI=1S/C15H21N3O/c1-10-6-11(8-12(16)7-10)15(19)17-13-4-5-18(9-13)14-2-3-14/h6-8,13-14H,2-5,9,16H2,1H3,(H,17,19). The van der Waals surface area contributed by atoms with Gasteiger partial charge in [0.2, 0.25) is 0 Å². The Morgan fingerprint density at radius 2 is 2.11 bits per heavy atom. The van der Waals surface area contributed by atoms with Crippen LogP contribution in [0.4, 0.5) is 5.69 Å². The summed E-state index contributed by atoms with van der Waals surface area (Å²) in [4.78, 5) is 14.7. The Morgan fingerprint density at radius 3 is 2.79 bits per heavy atom. The van der Waals surface area contributed by atoms with Gasteiger partial charge < -0.3 is 11.1 Å². The lowest BCUT2D eigenvalue weighted by atomic mass is 10.1. The number of carbonyl (C=O) groups is 1. The van der Waals surface area contributed by atoms with Crippen molar-refractivity contribution >= 4 is 11.6 Å². The molecule has 1 heterocycles. The fourth-order valence-corrected chi connectivity index (χ4v) is 2.89. The Balaban J connectivity index is 1.61. The maximum atomic E-state index is 12.2. The summed E-state index contributed by atoms with van der Waals surface area (Å²) in [5.41, 5.74) is 8.13. The molecule has 1 saturated heterocycles. The summed E-state index contributed by atoms with van der Waals surface area (Å²) in [5, 5.41) is 3.13. The molecule has 0 aromatic heterocycles. The molecule has 1 aliphatic heterocycles. The molecular weight excluding hydrogens is 238 g/mol. The Morgan fingerprint density at radius 1 is 1.32 bits per heavy atom. The van der Waals surface area contributed by atoms with Gasteiger partial charge in [0.1, 0.15) is 0 Å². The predicted octanol–water partition coefficient (Wildman–Crippen LogP) is 1.54. The third-order valence-corrected chi connectivity index (χ3v) is 3.98. The molecule has 1 aliphatic carbocycles. The van der Waals surface area contributed by atoms with Gasteiger partial charge >= 0.3 is 0 Å². The van der Waals surface area contributed by atoms with Crippen molar-refractivity contribution in [1.82, 2.24) is 10.2 Å². The van der Waals surface area contributed by atoms with Gasteiger partial charge in [-0.05, 0) is 49.9 Å². The number of rotatable bonds is 3. The van der Waals surface area contributed by atoms with Crippen LogP contribution in [0.5, 0.6) is 0 Å². The molecular formula is C15H21N3O. The van der Waals surface area contributed by atoms with Gasteiger partial charge in [-0.25, -0.2) is 0 Å². The molecule has 1 atom stereocenters. The fraction of sp³-hybridized carbons (Fsp3) is 0.533. The van der Waals surface area contributed by atoms with Crippen LogP contribution in [0.2, 0.25) is 0 Å². The molecule has 102 valence electrons. The van der Waals surface area contributed by atoms with Crippen LogP contribution in [0.15, 0.2) is 18.2 Å². The first kappa shape index (κ1) is 12.5. The van der Waals surface area contributed by atoms with E-state index in [1.807, 2.05) is 19.1 Å².